The molecule has 1 fully saturated rings. The van der Waals surface area contributed by atoms with E-state index in [0.717, 1.165) is 12.8 Å². The molecular formula is C21H28O6. The number of hydrogen-bond acceptors (Lipinski definition) is 6. The fraction of sp³-hybridized carbons (Fsp3) is 0.667. The van der Waals surface area contributed by atoms with Crippen molar-refractivity contribution in [2.45, 2.75) is 66.1 Å². The van der Waals surface area contributed by atoms with E-state index >= 15 is 0 Å². The molecule has 0 bridgehead atoms. The first-order chi connectivity index (χ1) is 12.5. The topological polar surface area (TPSA) is 101 Å². The van der Waals surface area contributed by atoms with E-state index in [4.69, 9.17) is 4.74 Å². The van der Waals surface area contributed by atoms with Crippen LogP contribution >= 0.6 is 0 Å². The van der Waals surface area contributed by atoms with Crippen LogP contribution in [0.4, 0.5) is 0 Å². The predicted molar refractivity (Wildman–Crippen MR) is 97.7 cm³/mol. The van der Waals surface area contributed by atoms with Crippen LogP contribution < -0.4 is 0 Å². The van der Waals surface area contributed by atoms with Crippen molar-refractivity contribution in [3.8, 4) is 0 Å². The molecule has 0 unspecified atom stereocenters. The van der Waals surface area contributed by atoms with Crippen LogP contribution in [0.2, 0.25) is 0 Å². The fourth-order valence-electron chi connectivity index (χ4n) is 5.87. The van der Waals surface area contributed by atoms with Gasteiger partial charge in [-0.2, -0.15) is 0 Å². The molecule has 6 nitrogen and oxygen atoms in total. The summed E-state index contributed by atoms with van der Waals surface area (Å²) in [5.74, 6) is -2.43. The third kappa shape index (κ3) is 2.60. The highest BCUT2D eigenvalue weighted by Crippen LogP contribution is 2.61. The Morgan fingerprint density at radius 1 is 1.15 bits per heavy atom. The molecule has 6 heteroatoms. The van der Waals surface area contributed by atoms with Crippen molar-refractivity contribution in [3.63, 3.8) is 0 Å². The van der Waals surface area contributed by atoms with Gasteiger partial charge in [0.05, 0.1) is 6.10 Å². The average Bonchev–Trinajstić information content (AvgIpc) is 2.54. The minimum absolute atomic E-state index is 0.0163. The summed E-state index contributed by atoms with van der Waals surface area (Å²) in [6.07, 6.45) is 0.0615. The number of allylic oxidation sites excluding steroid dienone is 2. The first kappa shape index (κ1) is 19.8. The lowest BCUT2D eigenvalue weighted by Crippen LogP contribution is -2.60. The van der Waals surface area contributed by atoms with E-state index in [1.165, 1.54) is 0 Å². The molecule has 2 N–H and O–H groups in total. The van der Waals surface area contributed by atoms with Crippen molar-refractivity contribution in [1.82, 2.24) is 0 Å². The van der Waals surface area contributed by atoms with E-state index in [1.807, 2.05) is 20.8 Å². The molecule has 148 valence electrons. The van der Waals surface area contributed by atoms with Crippen LogP contribution in [0.15, 0.2) is 22.5 Å². The fourth-order valence-corrected chi connectivity index (χ4v) is 5.87. The Kier molecular flexibility index (Phi) is 4.62. The van der Waals surface area contributed by atoms with Crippen LogP contribution in [-0.4, -0.2) is 40.5 Å². The second-order valence-corrected chi connectivity index (χ2v) is 9.24. The molecule has 0 aliphatic heterocycles. The maximum atomic E-state index is 13.2. The summed E-state index contributed by atoms with van der Waals surface area (Å²) in [7, 11) is 0. The van der Waals surface area contributed by atoms with E-state index in [-0.39, 0.29) is 46.2 Å². The zero-order valence-electron chi connectivity index (χ0n) is 16.5. The first-order valence-corrected chi connectivity index (χ1v) is 9.53. The monoisotopic (exact) mass is 376 g/mol. The largest absolute Gasteiger partial charge is 0.507 e. The van der Waals surface area contributed by atoms with Gasteiger partial charge < -0.3 is 14.9 Å². The van der Waals surface area contributed by atoms with Gasteiger partial charge in [0.1, 0.15) is 5.76 Å². The van der Waals surface area contributed by atoms with Crippen LogP contribution in [0.3, 0.4) is 0 Å². The number of fused-ring (bicyclic) bond motifs is 2. The molecule has 0 aromatic heterocycles. The van der Waals surface area contributed by atoms with Gasteiger partial charge in [-0.15, -0.1) is 0 Å². The Morgan fingerprint density at radius 2 is 1.78 bits per heavy atom. The number of rotatable bonds is 3. The Morgan fingerprint density at radius 3 is 2.33 bits per heavy atom. The third-order valence-electron chi connectivity index (χ3n) is 6.79. The molecule has 0 spiro atoms. The van der Waals surface area contributed by atoms with Gasteiger partial charge in [0.15, 0.2) is 6.10 Å². The van der Waals surface area contributed by atoms with Crippen LogP contribution in [0.1, 0.15) is 53.9 Å². The van der Waals surface area contributed by atoms with E-state index in [9.17, 15) is 24.6 Å². The Bertz CT molecular complexity index is 772. The average molecular weight is 376 g/mol. The van der Waals surface area contributed by atoms with E-state index in [0.29, 0.717) is 6.42 Å². The molecule has 0 saturated heterocycles. The summed E-state index contributed by atoms with van der Waals surface area (Å²) >= 11 is 0. The number of carbonyl (C=O) groups excluding carboxylic acids is 3. The van der Waals surface area contributed by atoms with Gasteiger partial charge in [-0.25, -0.2) is 0 Å². The minimum Gasteiger partial charge on any atom is -0.507 e. The lowest BCUT2D eigenvalue weighted by molar-refractivity contribution is -0.156. The summed E-state index contributed by atoms with van der Waals surface area (Å²) in [6, 6.07) is 0. The summed E-state index contributed by atoms with van der Waals surface area (Å²) in [4.78, 5) is 37.1. The molecule has 4 atom stereocenters. The smallest absolute Gasteiger partial charge is 0.293 e. The molecule has 1 saturated carbocycles. The normalized spacial score (nSPS) is 35.9. The molecule has 3 aliphatic carbocycles. The van der Waals surface area contributed by atoms with Crippen molar-refractivity contribution in [2.75, 3.05) is 0 Å². The van der Waals surface area contributed by atoms with Crippen LogP contribution in [0.5, 0.6) is 0 Å². The highest BCUT2D eigenvalue weighted by molar-refractivity contribution is 6.50. The van der Waals surface area contributed by atoms with Gasteiger partial charge in [0, 0.05) is 28.1 Å². The number of hydrogen-bond donors (Lipinski definition) is 2. The number of carbonyl (C=O) groups is 3. The zero-order valence-corrected chi connectivity index (χ0v) is 16.5. The first-order valence-electron chi connectivity index (χ1n) is 9.53. The van der Waals surface area contributed by atoms with E-state index in [2.05, 4.69) is 0 Å². The van der Waals surface area contributed by atoms with E-state index < -0.39 is 29.2 Å². The Labute approximate surface area is 159 Å². The quantitative estimate of drug-likeness (QED) is 0.446. The number of ketones is 2. The number of aliphatic hydroxyl groups excluding tert-OH is 2. The standard InChI is InChI=1S/C21H28O6/c1-10(2)11-14(23)12-13(16(25)15(11)24)21(5)8-6-7-20(3,4)19(21)17(26)18(12)27-9-22/h9-10,17-19,23,26H,6-8H2,1-5H3/t17-,18-,19+,21-/m1/s1. The summed E-state index contributed by atoms with van der Waals surface area (Å²) < 4.78 is 5.19. The van der Waals surface area contributed by atoms with Gasteiger partial charge >= 0.3 is 0 Å². The van der Waals surface area contributed by atoms with Crippen molar-refractivity contribution in [1.29, 1.82) is 0 Å². The molecule has 3 rings (SSSR count). The highest BCUT2D eigenvalue weighted by Gasteiger charge is 2.62. The molecule has 0 aromatic rings. The number of aliphatic hydroxyl groups is 2. The van der Waals surface area contributed by atoms with Gasteiger partial charge in [-0.05, 0) is 24.2 Å². The Balaban J connectivity index is 2.36. The van der Waals surface area contributed by atoms with Gasteiger partial charge in [-0.1, -0.05) is 41.0 Å². The van der Waals surface area contributed by atoms with Crippen LogP contribution in [-0.2, 0) is 19.1 Å². The molecule has 0 aromatic carbocycles. The lowest BCUT2D eigenvalue weighted by atomic mass is 9.47. The summed E-state index contributed by atoms with van der Waals surface area (Å²) in [5.41, 5.74) is -0.759. The highest BCUT2D eigenvalue weighted by atomic mass is 16.5. The number of Topliss-reactive ketones (excluding diaryl/α,β-unsaturated/α-hetero) is 2. The van der Waals surface area contributed by atoms with Gasteiger partial charge in [-0.3, -0.25) is 14.4 Å². The van der Waals surface area contributed by atoms with Crippen molar-refractivity contribution >= 4 is 18.0 Å². The van der Waals surface area contributed by atoms with E-state index in [1.54, 1.807) is 13.8 Å². The molecule has 0 amide bonds. The zero-order chi connectivity index (χ0) is 20.3. The molecule has 3 aliphatic rings. The third-order valence-corrected chi connectivity index (χ3v) is 6.79. The minimum atomic E-state index is -1.17. The van der Waals surface area contributed by atoms with Gasteiger partial charge in [0.25, 0.3) is 6.47 Å². The maximum absolute atomic E-state index is 13.2. The van der Waals surface area contributed by atoms with Crippen LogP contribution in [0.25, 0.3) is 0 Å². The van der Waals surface area contributed by atoms with Crippen molar-refractivity contribution < 1.29 is 29.3 Å². The second-order valence-electron chi connectivity index (χ2n) is 9.24. The summed E-state index contributed by atoms with van der Waals surface area (Å²) in [5, 5.41) is 22.1. The predicted octanol–water partition coefficient (Wildman–Crippen LogP) is 2.65. The molecule has 27 heavy (non-hydrogen) atoms. The van der Waals surface area contributed by atoms with Crippen molar-refractivity contribution in [3.05, 3.63) is 22.5 Å². The lowest BCUT2D eigenvalue weighted by Gasteiger charge is -2.58. The Hall–Kier alpha value is -1.95. The van der Waals surface area contributed by atoms with Gasteiger partial charge in [0.2, 0.25) is 11.6 Å². The molecule has 0 heterocycles. The molecular weight excluding hydrogens is 348 g/mol. The molecule has 0 radical (unpaired) electrons. The number of ether oxygens (including phenoxy) is 1. The second kappa shape index (κ2) is 6.30. The van der Waals surface area contributed by atoms with Crippen molar-refractivity contribution in [2.24, 2.45) is 22.7 Å². The maximum Gasteiger partial charge on any atom is 0.293 e. The SMILES string of the molecule is CC(C)C1=C(O)C2=C(C(=O)C1=O)[C@@]1(C)CCCC(C)(C)[C@@H]1[C@H](O)[C@@H]2OC=O. The van der Waals surface area contributed by atoms with Crippen LogP contribution in [0, 0.1) is 22.7 Å². The summed E-state index contributed by atoms with van der Waals surface area (Å²) in [6.45, 7) is 9.57.